The van der Waals surface area contributed by atoms with Crippen molar-refractivity contribution in [1.82, 2.24) is 5.32 Å². The zero-order valence-corrected chi connectivity index (χ0v) is 9.66. The van der Waals surface area contributed by atoms with Gasteiger partial charge in [0.15, 0.2) is 5.54 Å². The summed E-state index contributed by atoms with van der Waals surface area (Å²) in [5.74, 6) is -2.06. The summed E-state index contributed by atoms with van der Waals surface area (Å²) in [6, 6.07) is 5.07. The van der Waals surface area contributed by atoms with E-state index in [9.17, 15) is 19.1 Å². The second kappa shape index (κ2) is 4.95. The third kappa shape index (κ3) is 2.61. The highest BCUT2D eigenvalue weighted by atomic mass is 19.1. The zero-order chi connectivity index (χ0) is 13.1. The van der Waals surface area contributed by atoms with Crippen molar-refractivity contribution in [3.8, 4) is 0 Å². The summed E-state index contributed by atoms with van der Waals surface area (Å²) < 4.78 is 12.8. The lowest BCUT2D eigenvalue weighted by Gasteiger charge is -2.29. The third-order valence-electron chi connectivity index (χ3n) is 2.62. The van der Waals surface area contributed by atoms with Crippen LogP contribution in [0.25, 0.3) is 0 Å². The Balaban J connectivity index is 3.26. The standard InChI is InChI=1S/C12H14FNO3/c1-3-12(11(16)17,14-8(2)15)9-4-6-10(13)7-5-9/h4-7H,3H2,1-2H3,(H,14,15)(H,16,17)/t12-/m0/s1. The van der Waals surface area contributed by atoms with Gasteiger partial charge < -0.3 is 10.4 Å². The van der Waals surface area contributed by atoms with Crippen LogP contribution in [-0.2, 0) is 15.1 Å². The summed E-state index contributed by atoms with van der Waals surface area (Å²) in [6.45, 7) is 2.89. The molecule has 1 atom stereocenters. The summed E-state index contributed by atoms with van der Waals surface area (Å²) >= 11 is 0. The second-order valence-electron chi connectivity index (χ2n) is 3.75. The fourth-order valence-corrected chi connectivity index (χ4v) is 1.73. The van der Waals surface area contributed by atoms with Gasteiger partial charge in [-0.05, 0) is 24.1 Å². The van der Waals surface area contributed by atoms with E-state index in [-0.39, 0.29) is 6.42 Å². The van der Waals surface area contributed by atoms with E-state index in [0.29, 0.717) is 5.56 Å². The van der Waals surface area contributed by atoms with Crippen LogP contribution in [0.4, 0.5) is 4.39 Å². The van der Waals surface area contributed by atoms with Crippen LogP contribution < -0.4 is 5.32 Å². The minimum atomic E-state index is -1.50. The quantitative estimate of drug-likeness (QED) is 0.839. The Morgan fingerprint density at radius 1 is 1.35 bits per heavy atom. The van der Waals surface area contributed by atoms with E-state index in [0.717, 1.165) is 0 Å². The van der Waals surface area contributed by atoms with E-state index in [4.69, 9.17) is 0 Å². The number of halogens is 1. The van der Waals surface area contributed by atoms with Crippen molar-refractivity contribution in [3.63, 3.8) is 0 Å². The number of benzene rings is 1. The zero-order valence-electron chi connectivity index (χ0n) is 9.66. The number of carboxylic acids is 1. The molecule has 17 heavy (non-hydrogen) atoms. The molecule has 0 unspecified atom stereocenters. The molecule has 5 heteroatoms. The van der Waals surface area contributed by atoms with E-state index >= 15 is 0 Å². The van der Waals surface area contributed by atoms with Crippen LogP contribution in [-0.4, -0.2) is 17.0 Å². The molecule has 0 bridgehead atoms. The van der Waals surface area contributed by atoms with Gasteiger partial charge >= 0.3 is 5.97 Å². The Bertz CT molecular complexity index is 430. The number of carboxylic acid groups (broad SMARTS) is 1. The minimum absolute atomic E-state index is 0.174. The van der Waals surface area contributed by atoms with Gasteiger partial charge in [-0.2, -0.15) is 0 Å². The van der Waals surface area contributed by atoms with Crippen molar-refractivity contribution < 1.29 is 19.1 Å². The smallest absolute Gasteiger partial charge is 0.334 e. The molecule has 1 aromatic carbocycles. The molecule has 0 spiro atoms. The molecule has 0 saturated heterocycles. The van der Waals surface area contributed by atoms with Gasteiger partial charge in [-0.25, -0.2) is 9.18 Å². The van der Waals surface area contributed by atoms with Crippen LogP contribution in [0.1, 0.15) is 25.8 Å². The first kappa shape index (κ1) is 13.2. The molecule has 1 amide bonds. The van der Waals surface area contributed by atoms with E-state index < -0.39 is 23.2 Å². The third-order valence-corrected chi connectivity index (χ3v) is 2.62. The monoisotopic (exact) mass is 239 g/mol. The van der Waals surface area contributed by atoms with Crippen LogP contribution in [0.15, 0.2) is 24.3 Å². The average Bonchev–Trinajstić information content (AvgIpc) is 2.26. The predicted octanol–water partition coefficient (Wildman–Crippen LogP) is 1.65. The molecule has 0 aliphatic rings. The SMILES string of the molecule is CC[C@@](NC(C)=O)(C(=O)O)c1ccc(F)cc1. The largest absolute Gasteiger partial charge is 0.479 e. The van der Waals surface area contributed by atoms with E-state index in [2.05, 4.69) is 5.32 Å². The van der Waals surface area contributed by atoms with Crippen molar-refractivity contribution in [2.75, 3.05) is 0 Å². The molecule has 1 aromatic rings. The Labute approximate surface area is 98.5 Å². The molecular weight excluding hydrogens is 225 g/mol. The Morgan fingerprint density at radius 3 is 2.24 bits per heavy atom. The first-order valence-electron chi connectivity index (χ1n) is 5.20. The number of carbonyl (C=O) groups is 2. The molecule has 0 aliphatic heterocycles. The number of aliphatic carboxylic acids is 1. The Morgan fingerprint density at radius 2 is 1.88 bits per heavy atom. The molecule has 4 nitrogen and oxygen atoms in total. The number of carbonyl (C=O) groups excluding carboxylic acids is 1. The van der Waals surface area contributed by atoms with Crippen molar-refractivity contribution in [1.29, 1.82) is 0 Å². The van der Waals surface area contributed by atoms with Gasteiger partial charge in [0.05, 0.1) is 0 Å². The molecule has 0 saturated carbocycles. The van der Waals surface area contributed by atoms with Crippen LogP contribution in [0.2, 0.25) is 0 Å². The van der Waals surface area contributed by atoms with Crippen molar-refractivity contribution in [2.24, 2.45) is 0 Å². The fraction of sp³-hybridized carbons (Fsp3) is 0.333. The van der Waals surface area contributed by atoms with Crippen LogP contribution in [0, 0.1) is 5.82 Å². The van der Waals surface area contributed by atoms with Crippen molar-refractivity contribution in [2.45, 2.75) is 25.8 Å². The number of nitrogens with one attached hydrogen (secondary N) is 1. The summed E-state index contributed by atoms with van der Waals surface area (Å²) in [5, 5.41) is 11.7. The fourth-order valence-electron chi connectivity index (χ4n) is 1.73. The van der Waals surface area contributed by atoms with E-state index in [1.54, 1.807) is 6.92 Å². The molecule has 2 N–H and O–H groups in total. The number of amides is 1. The van der Waals surface area contributed by atoms with Crippen molar-refractivity contribution in [3.05, 3.63) is 35.6 Å². The molecular formula is C12H14FNO3. The topological polar surface area (TPSA) is 66.4 Å². The number of hydrogen-bond donors (Lipinski definition) is 2. The van der Waals surface area contributed by atoms with Gasteiger partial charge in [0.25, 0.3) is 0 Å². The van der Waals surface area contributed by atoms with Crippen LogP contribution in [0.5, 0.6) is 0 Å². The minimum Gasteiger partial charge on any atom is -0.479 e. The molecule has 0 aliphatic carbocycles. The first-order valence-corrected chi connectivity index (χ1v) is 5.20. The number of rotatable bonds is 4. The second-order valence-corrected chi connectivity index (χ2v) is 3.75. The van der Waals surface area contributed by atoms with Gasteiger partial charge in [0.2, 0.25) is 5.91 Å². The lowest BCUT2D eigenvalue weighted by Crippen LogP contribution is -2.50. The molecule has 0 aromatic heterocycles. The van der Waals surface area contributed by atoms with Gasteiger partial charge in [0.1, 0.15) is 5.82 Å². The van der Waals surface area contributed by atoms with Gasteiger partial charge in [-0.15, -0.1) is 0 Å². The van der Waals surface area contributed by atoms with E-state index in [1.807, 2.05) is 0 Å². The van der Waals surface area contributed by atoms with Gasteiger partial charge in [0, 0.05) is 6.92 Å². The van der Waals surface area contributed by atoms with E-state index in [1.165, 1.54) is 31.2 Å². The summed E-state index contributed by atoms with van der Waals surface area (Å²) in [5.41, 5.74) is -1.15. The van der Waals surface area contributed by atoms with Crippen molar-refractivity contribution >= 4 is 11.9 Å². The highest BCUT2D eigenvalue weighted by Gasteiger charge is 2.39. The molecule has 0 fully saturated rings. The Kier molecular flexibility index (Phi) is 3.83. The normalized spacial score (nSPS) is 13.8. The first-order chi connectivity index (χ1) is 7.92. The summed E-state index contributed by atoms with van der Waals surface area (Å²) in [7, 11) is 0. The molecule has 1 rings (SSSR count). The molecule has 0 radical (unpaired) electrons. The Hall–Kier alpha value is -1.91. The van der Waals surface area contributed by atoms with Crippen LogP contribution in [0.3, 0.4) is 0 Å². The molecule has 92 valence electrons. The number of hydrogen-bond acceptors (Lipinski definition) is 2. The summed E-state index contributed by atoms with van der Waals surface area (Å²) in [6.07, 6.45) is 0.174. The van der Waals surface area contributed by atoms with Gasteiger partial charge in [-0.1, -0.05) is 19.1 Å². The maximum Gasteiger partial charge on any atom is 0.334 e. The highest BCUT2D eigenvalue weighted by molar-refractivity contribution is 5.87. The highest BCUT2D eigenvalue weighted by Crippen LogP contribution is 2.25. The summed E-state index contributed by atoms with van der Waals surface area (Å²) in [4.78, 5) is 22.5. The van der Waals surface area contributed by atoms with Crippen LogP contribution >= 0.6 is 0 Å². The predicted molar refractivity (Wildman–Crippen MR) is 59.8 cm³/mol. The lowest BCUT2D eigenvalue weighted by atomic mass is 9.87. The molecule has 0 heterocycles. The average molecular weight is 239 g/mol. The maximum absolute atomic E-state index is 12.8. The maximum atomic E-state index is 12.8. The lowest BCUT2D eigenvalue weighted by molar-refractivity contribution is -0.148. The van der Waals surface area contributed by atoms with Gasteiger partial charge in [-0.3, -0.25) is 4.79 Å².